The van der Waals surface area contributed by atoms with Crippen molar-refractivity contribution in [2.75, 3.05) is 19.6 Å². The van der Waals surface area contributed by atoms with Gasteiger partial charge in [0.25, 0.3) is 0 Å². The quantitative estimate of drug-likeness (QED) is 0.755. The molecular weight excluding hydrogens is 200 g/mol. The maximum absolute atomic E-state index is 3.86. The van der Waals surface area contributed by atoms with Crippen LogP contribution in [-0.2, 0) is 6.54 Å². The van der Waals surface area contributed by atoms with E-state index in [9.17, 15) is 0 Å². The van der Waals surface area contributed by atoms with E-state index in [0.717, 1.165) is 26.2 Å². The van der Waals surface area contributed by atoms with Crippen molar-refractivity contribution in [1.29, 1.82) is 0 Å². The van der Waals surface area contributed by atoms with Crippen LogP contribution in [0.25, 0.3) is 0 Å². The Kier molecular flexibility index (Phi) is 5.96. The molecule has 1 atom stereocenters. The lowest BCUT2D eigenvalue weighted by Crippen LogP contribution is -2.38. The number of likely N-dealkylation sites (N-methyl/N-ethyl adjacent to an activating group) is 1. The van der Waals surface area contributed by atoms with E-state index in [1.165, 1.54) is 5.56 Å². The standard InChI is InChI=1S/C12H22N4/c1-4-16(5-2)10-11(3)13-8-12-6-7-14-15-9-12/h6-7,9,11,13H,4-5,8,10H2,1-3H3. The Morgan fingerprint density at radius 3 is 2.62 bits per heavy atom. The zero-order valence-corrected chi connectivity index (χ0v) is 10.5. The van der Waals surface area contributed by atoms with Gasteiger partial charge in [-0.1, -0.05) is 13.8 Å². The Labute approximate surface area is 98.1 Å². The van der Waals surface area contributed by atoms with Gasteiger partial charge in [0.2, 0.25) is 0 Å². The average Bonchev–Trinajstić information content (AvgIpc) is 2.34. The maximum atomic E-state index is 3.86. The molecule has 1 heterocycles. The summed E-state index contributed by atoms with van der Waals surface area (Å²) in [4.78, 5) is 2.42. The Bertz CT molecular complexity index is 272. The maximum Gasteiger partial charge on any atom is 0.0541 e. The number of hydrogen-bond acceptors (Lipinski definition) is 4. The summed E-state index contributed by atoms with van der Waals surface area (Å²) in [5.41, 5.74) is 1.18. The van der Waals surface area contributed by atoms with Gasteiger partial charge in [-0.25, -0.2) is 0 Å². The summed E-state index contributed by atoms with van der Waals surface area (Å²) in [6.45, 7) is 10.8. The fraction of sp³-hybridized carbons (Fsp3) is 0.667. The first kappa shape index (κ1) is 13.1. The van der Waals surface area contributed by atoms with Crippen LogP contribution in [-0.4, -0.2) is 40.8 Å². The second kappa shape index (κ2) is 7.30. The first-order chi connectivity index (χ1) is 7.76. The van der Waals surface area contributed by atoms with Gasteiger partial charge in [-0.2, -0.15) is 10.2 Å². The van der Waals surface area contributed by atoms with Crippen molar-refractivity contribution in [3.05, 3.63) is 24.0 Å². The Hall–Kier alpha value is -1.00. The molecule has 1 unspecified atom stereocenters. The lowest BCUT2D eigenvalue weighted by molar-refractivity contribution is 0.270. The summed E-state index contributed by atoms with van der Waals surface area (Å²) in [5, 5.41) is 11.1. The van der Waals surface area contributed by atoms with Gasteiger partial charge >= 0.3 is 0 Å². The van der Waals surface area contributed by atoms with Gasteiger partial charge in [-0.15, -0.1) is 0 Å². The summed E-state index contributed by atoms with van der Waals surface area (Å²) in [6, 6.07) is 2.48. The molecule has 4 heteroatoms. The second-order valence-corrected chi connectivity index (χ2v) is 4.02. The number of rotatable bonds is 7. The number of hydrogen-bond donors (Lipinski definition) is 1. The van der Waals surface area contributed by atoms with Crippen LogP contribution >= 0.6 is 0 Å². The van der Waals surface area contributed by atoms with Gasteiger partial charge in [0.1, 0.15) is 0 Å². The van der Waals surface area contributed by atoms with Gasteiger partial charge in [0, 0.05) is 25.3 Å². The fourth-order valence-corrected chi connectivity index (χ4v) is 1.65. The minimum Gasteiger partial charge on any atom is -0.309 e. The molecule has 0 aromatic carbocycles. The molecule has 0 saturated heterocycles. The van der Waals surface area contributed by atoms with Gasteiger partial charge in [-0.05, 0) is 31.6 Å². The minimum atomic E-state index is 0.494. The zero-order valence-electron chi connectivity index (χ0n) is 10.5. The fourth-order valence-electron chi connectivity index (χ4n) is 1.65. The van der Waals surface area contributed by atoms with Gasteiger partial charge in [0.15, 0.2) is 0 Å². The van der Waals surface area contributed by atoms with Crippen LogP contribution < -0.4 is 5.32 Å². The molecule has 0 radical (unpaired) electrons. The van der Waals surface area contributed by atoms with E-state index in [0.29, 0.717) is 6.04 Å². The summed E-state index contributed by atoms with van der Waals surface area (Å²) >= 11 is 0. The molecule has 0 amide bonds. The number of nitrogens with one attached hydrogen (secondary N) is 1. The van der Waals surface area contributed by atoms with Crippen LogP contribution in [0.5, 0.6) is 0 Å². The smallest absolute Gasteiger partial charge is 0.0541 e. The van der Waals surface area contributed by atoms with E-state index in [2.05, 4.69) is 41.2 Å². The summed E-state index contributed by atoms with van der Waals surface area (Å²) in [5.74, 6) is 0. The molecule has 0 spiro atoms. The monoisotopic (exact) mass is 222 g/mol. The van der Waals surface area contributed by atoms with Crippen LogP contribution in [0.4, 0.5) is 0 Å². The van der Waals surface area contributed by atoms with Crippen molar-refractivity contribution in [1.82, 2.24) is 20.4 Å². The van der Waals surface area contributed by atoms with Crippen molar-refractivity contribution in [2.24, 2.45) is 0 Å². The molecule has 1 aromatic heterocycles. The van der Waals surface area contributed by atoms with E-state index in [1.54, 1.807) is 12.4 Å². The highest BCUT2D eigenvalue weighted by Gasteiger charge is 2.06. The zero-order chi connectivity index (χ0) is 11.8. The van der Waals surface area contributed by atoms with Gasteiger partial charge in [0.05, 0.1) is 6.20 Å². The molecule has 0 aliphatic heterocycles. The van der Waals surface area contributed by atoms with Crippen molar-refractivity contribution in [2.45, 2.75) is 33.4 Å². The van der Waals surface area contributed by atoms with Crippen LogP contribution in [0.2, 0.25) is 0 Å². The van der Waals surface area contributed by atoms with E-state index < -0.39 is 0 Å². The Morgan fingerprint density at radius 2 is 2.06 bits per heavy atom. The van der Waals surface area contributed by atoms with Gasteiger partial charge < -0.3 is 10.2 Å². The highest BCUT2D eigenvalue weighted by atomic mass is 15.1. The second-order valence-electron chi connectivity index (χ2n) is 4.02. The van der Waals surface area contributed by atoms with Crippen molar-refractivity contribution in [3.63, 3.8) is 0 Å². The van der Waals surface area contributed by atoms with E-state index >= 15 is 0 Å². The SMILES string of the molecule is CCN(CC)CC(C)NCc1ccnnc1. The summed E-state index contributed by atoms with van der Waals surface area (Å²) < 4.78 is 0. The third-order valence-electron chi connectivity index (χ3n) is 2.73. The van der Waals surface area contributed by atoms with Crippen molar-refractivity contribution in [3.8, 4) is 0 Å². The predicted molar refractivity (Wildman–Crippen MR) is 66.1 cm³/mol. The summed E-state index contributed by atoms with van der Waals surface area (Å²) in [6.07, 6.45) is 3.53. The minimum absolute atomic E-state index is 0.494. The average molecular weight is 222 g/mol. The molecule has 1 aromatic rings. The van der Waals surface area contributed by atoms with Crippen molar-refractivity contribution < 1.29 is 0 Å². The van der Waals surface area contributed by atoms with Crippen LogP contribution in [0.3, 0.4) is 0 Å². The van der Waals surface area contributed by atoms with E-state index in [1.807, 2.05) is 6.07 Å². The normalized spacial score (nSPS) is 13.0. The van der Waals surface area contributed by atoms with Gasteiger partial charge in [-0.3, -0.25) is 0 Å². The molecule has 16 heavy (non-hydrogen) atoms. The highest BCUT2D eigenvalue weighted by Crippen LogP contribution is 1.96. The largest absolute Gasteiger partial charge is 0.309 e. The van der Waals surface area contributed by atoms with Crippen molar-refractivity contribution >= 4 is 0 Å². The molecule has 90 valence electrons. The lowest BCUT2D eigenvalue weighted by Gasteiger charge is -2.23. The third kappa shape index (κ3) is 4.68. The van der Waals surface area contributed by atoms with E-state index in [4.69, 9.17) is 0 Å². The van der Waals surface area contributed by atoms with Crippen LogP contribution in [0.1, 0.15) is 26.3 Å². The van der Waals surface area contributed by atoms with Crippen LogP contribution in [0, 0.1) is 0 Å². The summed E-state index contributed by atoms with van der Waals surface area (Å²) in [7, 11) is 0. The molecule has 0 saturated carbocycles. The molecule has 0 bridgehead atoms. The first-order valence-electron chi connectivity index (χ1n) is 5.97. The number of aromatic nitrogens is 2. The molecule has 4 nitrogen and oxygen atoms in total. The van der Waals surface area contributed by atoms with Crippen LogP contribution in [0.15, 0.2) is 18.5 Å². The predicted octanol–water partition coefficient (Wildman–Crippen LogP) is 1.30. The molecule has 0 fully saturated rings. The molecule has 0 aliphatic carbocycles. The topological polar surface area (TPSA) is 41.0 Å². The Morgan fingerprint density at radius 1 is 1.31 bits per heavy atom. The highest BCUT2D eigenvalue weighted by molar-refractivity contribution is 5.04. The third-order valence-corrected chi connectivity index (χ3v) is 2.73. The molecule has 1 N–H and O–H groups in total. The molecular formula is C12H22N4. The molecule has 0 aliphatic rings. The molecule has 1 rings (SSSR count). The van der Waals surface area contributed by atoms with E-state index in [-0.39, 0.29) is 0 Å². The lowest BCUT2D eigenvalue weighted by atomic mass is 10.2. The Balaban J connectivity index is 2.27. The number of nitrogens with zero attached hydrogens (tertiary/aromatic N) is 3. The first-order valence-corrected chi connectivity index (χ1v) is 5.97.